The average molecular weight is 374 g/mol. The lowest BCUT2D eigenvalue weighted by Crippen LogP contribution is -2.11. The molecule has 0 saturated carbocycles. The minimum Gasteiger partial charge on any atom is -0.488 e. The van der Waals surface area contributed by atoms with Crippen molar-refractivity contribution in [2.24, 2.45) is 0 Å². The number of para-hydroxylation sites is 1. The van der Waals surface area contributed by atoms with Crippen molar-refractivity contribution in [1.29, 1.82) is 0 Å². The fraction of sp³-hybridized carbons (Fsp3) is 0.130. The van der Waals surface area contributed by atoms with Crippen LogP contribution in [0.25, 0.3) is 0 Å². The van der Waals surface area contributed by atoms with Gasteiger partial charge >= 0.3 is 5.97 Å². The second kappa shape index (κ2) is 7.66. The van der Waals surface area contributed by atoms with E-state index in [1.54, 1.807) is 30.3 Å². The molecule has 1 N–H and O–H groups in total. The van der Waals surface area contributed by atoms with Gasteiger partial charge in [-0.15, -0.1) is 0 Å². The van der Waals surface area contributed by atoms with Gasteiger partial charge in [-0.05, 0) is 35.4 Å². The zero-order valence-electron chi connectivity index (χ0n) is 14.9. The van der Waals surface area contributed by atoms with Crippen LogP contribution < -0.4 is 4.74 Å². The van der Waals surface area contributed by atoms with Crippen molar-refractivity contribution in [3.8, 4) is 5.75 Å². The molecule has 0 aromatic heterocycles. The van der Waals surface area contributed by atoms with Gasteiger partial charge in [-0.1, -0.05) is 54.6 Å². The van der Waals surface area contributed by atoms with Crippen LogP contribution in [0.1, 0.15) is 37.9 Å². The number of carbonyl (C=O) groups is 2. The molecule has 5 nitrogen and oxygen atoms in total. The van der Waals surface area contributed by atoms with E-state index in [-0.39, 0.29) is 17.5 Å². The quantitative estimate of drug-likeness (QED) is 0.493. The Morgan fingerprint density at radius 3 is 2.29 bits per heavy atom. The maximum Gasteiger partial charge on any atom is 0.335 e. The summed E-state index contributed by atoms with van der Waals surface area (Å²) in [5, 5.41) is 8.98. The molecule has 4 rings (SSSR count). The molecule has 0 aliphatic carbocycles. The number of hydrogen-bond donors (Lipinski definition) is 1. The molecule has 3 aromatic rings. The molecule has 2 atom stereocenters. The zero-order valence-corrected chi connectivity index (χ0v) is 14.9. The first-order valence-corrected chi connectivity index (χ1v) is 8.92. The molecule has 140 valence electrons. The normalized spacial score (nSPS) is 17.7. The van der Waals surface area contributed by atoms with Gasteiger partial charge in [0.15, 0.2) is 11.9 Å². The van der Waals surface area contributed by atoms with Gasteiger partial charge in [-0.25, -0.2) is 4.79 Å². The van der Waals surface area contributed by atoms with E-state index in [1.807, 2.05) is 36.4 Å². The molecular formula is C23H18O5. The first-order valence-electron chi connectivity index (χ1n) is 8.92. The van der Waals surface area contributed by atoms with E-state index in [9.17, 15) is 9.59 Å². The first-order chi connectivity index (χ1) is 13.6. The van der Waals surface area contributed by atoms with Crippen molar-refractivity contribution in [1.82, 2.24) is 0 Å². The fourth-order valence-electron chi connectivity index (χ4n) is 3.07. The molecular weight excluding hydrogens is 356 g/mol. The van der Waals surface area contributed by atoms with Crippen LogP contribution >= 0.6 is 0 Å². The summed E-state index contributed by atoms with van der Waals surface area (Å²) in [7, 11) is 0. The van der Waals surface area contributed by atoms with Gasteiger partial charge in [0.25, 0.3) is 0 Å². The highest BCUT2D eigenvalue weighted by Crippen LogP contribution is 2.41. The Kier molecular flexibility index (Phi) is 4.91. The lowest BCUT2D eigenvalue weighted by atomic mass is 10.0. The second-order valence-corrected chi connectivity index (χ2v) is 6.54. The van der Waals surface area contributed by atoms with Crippen molar-refractivity contribution < 1.29 is 24.2 Å². The van der Waals surface area contributed by atoms with Crippen LogP contribution in [0.3, 0.4) is 0 Å². The molecule has 0 spiro atoms. The maximum absolute atomic E-state index is 12.9. The molecule has 1 saturated heterocycles. The van der Waals surface area contributed by atoms with E-state index >= 15 is 0 Å². The predicted molar refractivity (Wildman–Crippen MR) is 103 cm³/mol. The van der Waals surface area contributed by atoms with Gasteiger partial charge in [-0.3, -0.25) is 4.79 Å². The summed E-state index contributed by atoms with van der Waals surface area (Å²) >= 11 is 0. The summed E-state index contributed by atoms with van der Waals surface area (Å²) in [6.45, 7) is 0.372. The molecule has 0 unspecified atom stereocenters. The average Bonchev–Trinajstić information content (AvgIpc) is 3.54. The van der Waals surface area contributed by atoms with E-state index in [4.69, 9.17) is 14.6 Å². The van der Waals surface area contributed by atoms with E-state index < -0.39 is 12.1 Å². The molecule has 3 aromatic carbocycles. The minimum atomic E-state index is -0.986. The summed E-state index contributed by atoms with van der Waals surface area (Å²) in [5.74, 6) is -0.608. The van der Waals surface area contributed by atoms with Crippen molar-refractivity contribution in [2.45, 2.75) is 18.8 Å². The van der Waals surface area contributed by atoms with Crippen LogP contribution in [0, 0.1) is 0 Å². The number of carboxylic acid groups (broad SMARTS) is 1. The van der Waals surface area contributed by atoms with Crippen molar-refractivity contribution >= 4 is 11.8 Å². The lowest BCUT2D eigenvalue weighted by Gasteiger charge is -2.10. The van der Waals surface area contributed by atoms with Crippen LogP contribution in [-0.4, -0.2) is 23.0 Å². The molecule has 1 aliphatic heterocycles. The number of hydrogen-bond acceptors (Lipinski definition) is 4. The maximum atomic E-state index is 12.9. The smallest absolute Gasteiger partial charge is 0.335 e. The number of aromatic carboxylic acids is 1. The van der Waals surface area contributed by atoms with Gasteiger partial charge in [0, 0.05) is 0 Å². The summed E-state index contributed by atoms with van der Waals surface area (Å²) in [6, 6.07) is 23.2. The Morgan fingerprint density at radius 1 is 0.893 bits per heavy atom. The van der Waals surface area contributed by atoms with E-state index in [0.717, 1.165) is 11.1 Å². The highest BCUT2D eigenvalue weighted by molar-refractivity contribution is 6.03. The number of Topliss-reactive ketones (excluding diaryl/α,β-unsaturated/α-hetero) is 1. The van der Waals surface area contributed by atoms with Crippen LogP contribution in [0.4, 0.5) is 0 Å². The SMILES string of the molecule is O=C(O)c1ccc([C@H]2O[C@H]2C(=O)c2ccccc2OCc2ccccc2)cc1. The lowest BCUT2D eigenvalue weighted by molar-refractivity contribution is 0.0696. The van der Waals surface area contributed by atoms with Crippen LogP contribution in [0.15, 0.2) is 78.9 Å². The highest BCUT2D eigenvalue weighted by Gasteiger charge is 2.46. The van der Waals surface area contributed by atoms with Gasteiger partial charge in [-0.2, -0.15) is 0 Å². The minimum absolute atomic E-state index is 0.143. The van der Waals surface area contributed by atoms with E-state index in [1.165, 1.54) is 12.1 Å². The number of rotatable bonds is 7. The van der Waals surface area contributed by atoms with Crippen LogP contribution in [-0.2, 0) is 11.3 Å². The molecule has 1 heterocycles. The Bertz CT molecular complexity index is 995. The monoisotopic (exact) mass is 374 g/mol. The number of benzene rings is 3. The number of carbonyl (C=O) groups excluding carboxylic acids is 1. The van der Waals surface area contributed by atoms with E-state index in [2.05, 4.69) is 0 Å². The summed E-state index contributed by atoms with van der Waals surface area (Å²) < 4.78 is 11.4. The van der Waals surface area contributed by atoms with Crippen LogP contribution in [0.2, 0.25) is 0 Å². The number of ketones is 1. The topological polar surface area (TPSA) is 76.1 Å². The highest BCUT2D eigenvalue weighted by atomic mass is 16.6. The molecule has 0 amide bonds. The number of ether oxygens (including phenoxy) is 2. The Labute approximate surface area is 162 Å². The summed E-state index contributed by atoms with van der Waals surface area (Å²) in [6.07, 6.45) is -0.949. The van der Waals surface area contributed by atoms with Gasteiger partial charge < -0.3 is 14.6 Å². The molecule has 28 heavy (non-hydrogen) atoms. The molecule has 0 bridgehead atoms. The molecule has 1 fully saturated rings. The molecule has 5 heteroatoms. The molecule has 1 aliphatic rings. The van der Waals surface area contributed by atoms with Crippen molar-refractivity contribution in [3.63, 3.8) is 0 Å². The van der Waals surface area contributed by atoms with E-state index in [0.29, 0.717) is 17.9 Å². The Hall–Kier alpha value is -3.44. The third-order valence-electron chi connectivity index (χ3n) is 4.63. The third-order valence-corrected chi connectivity index (χ3v) is 4.63. The predicted octanol–water partition coefficient (Wildman–Crippen LogP) is 4.29. The zero-order chi connectivity index (χ0) is 19.5. The van der Waals surface area contributed by atoms with Crippen molar-refractivity contribution in [2.75, 3.05) is 0 Å². The molecule has 0 radical (unpaired) electrons. The Balaban J connectivity index is 1.46. The number of carboxylic acids is 1. The van der Waals surface area contributed by atoms with Gasteiger partial charge in [0.1, 0.15) is 18.5 Å². The van der Waals surface area contributed by atoms with Crippen molar-refractivity contribution in [3.05, 3.63) is 101 Å². The third kappa shape index (κ3) is 3.80. The van der Waals surface area contributed by atoms with Gasteiger partial charge in [0.2, 0.25) is 0 Å². The second-order valence-electron chi connectivity index (χ2n) is 6.54. The summed E-state index contributed by atoms with van der Waals surface area (Å²) in [5.41, 5.74) is 2.48. The summed E-state index contributed by atoms with van der Waals surface area (Å²) in [4.78, 5) is 23.9. The largest absolute Gasteiger partial charge is 0.488 e. The number of epoxide rings is 1. The Morgan fingerprint density at radius 2 is 1.57 bits per heavy atom. The fourth-order valence-corrected chi connectivity index (χ4v) is 3.07. The van der Waals surface area contributed by atoms with Crippen LogP contribution in [0.5, 0.6) is 5.75 Å². The van der Waals surface area contributed by atoms with Gasteiger partial charge in [0.05, 0.1) is 11.1 Å². The first kappa shape index (κ1) is 17.9. The standard InChI is InChI=1S/C23H18O5/c24-20(22-21(28-22)16-10-12-17(13-11-16)23(25)26)18-8-4-5-9-19(18)27-14-15-6-2-1-3-7-15/h1-13,21-22H,14H2,(H,25,26)/t21-,22+/m1/s1.